The molecule has 7 heteroatoms. The van der Waals surface area contributed by atoms with E-state index in [9.17, 15) is 4.79 Å². The van der Waals surface area contributed by atoms with E-state index in [0.717, 1.165) is 44.8 Å². The van der Waals surface area contributed by atoms with Gasteiger partial charge in [0.15, 0.2) is 5.82 Å². The van der Waals surface area contributed by atoms with Crippen molar-refractivity contribution < 1.29 is 9.32 Å². The summed E-state index contributed by atoms with van der Waals surface area (Å²) in [6, 6.07) is 0.159. The van der Waals surface area contributed by atoms with Gasteiger partial charge in [0.2, 0.25) is 11.8 Å². The van der Waals surface area contributed by atoms with Crippen LogP contribution in [0.1, 0.15) is 57.3 Å². The predicted molar refractivity (Wildman–Crippen MR) is 90.5 cm³/mol. The van der Waals surface area contributed by atoms with Crippen LogP contribution >= 0.6 is 0 Å². The van der Waals surface area contributed by atoms with Crippen LogP contribution in [0, 0.1) is 5.41 Å². The van der Waals surface area contributed by atoms with Gasteiger partial charge in [-0.05, 0) is 19.9 Å². The molecule has 0 aliphatic carbocycles. The molecule has 7 nitrogen and oxygen atoms in total. The monoisotopic (exact) mass is 335 g/mol. The van der Waals surface area contributed by atoms with Crippen LogP contribution in [0.4, 0.5) is 0 Å². The summed E-state index contributed by atoms with van der Waals surface area (Å²) in [7, 11) is 2.09. The molecule has 3 rings (SSSR count). The topological polar surface area (TPSA) is 74.5 Å². The van der Waals surface area contributed by atoms with Gasteiger partial charge in [0.05, 0.1) is 12.0 Å². The molecular formula is C17H29N5O2. The summed E-state index contributed by atoms with van der Waals surface area (Å²) in [6.07, 6.45) is 1.98. The molecule has 1 amide bonds. The van der Waals surface area contributed by atoms with Crippen molar-refractivity contribution in [1.82, 2.24) is 25.3 Å². The zero-order valence-electron chi connectivity index (χ0n) is 15.2. The number of aromatic nitrogens is 2. The molecule has 24 heavy (non-hydrogen) atoms. The van der Waals surface area contributed by atoms with Crippen LogP contribution in [0.25, 0.3) is 0 Å². The first-order valence-corrected chi connectivity index (χ1v) is 8.90. The van der Waals surface area contributed by atoms with Crippen LogP contribution < -0.4 is 5.32 Å². The standard InChI is InChI=1S/C17H29N5O2/c1-17(2,3)16(23)22-8-5-6-12(11-22)15-19-14(20-24-15)13-10-18-7-9-21(13)4/h12-13,18H,5-11H2,1-4H3. The van der Waals surface area contributed by atoms with Gasteiger partial charge in [-0.25, -0.2) is 0 Å². The Morgan fingerprint density at radius 3 is 2.83 bits per heavy atom. The van der Waals surface area contributed by atoms with E-state index in [-0.39, 0.29) is 23.3 Å². The number of hydrogen-bond acceptors (Lipinski definition) is 6. The van der Waals surface area contributed by atoms with Crippen molar-refractivity contribution >= 4 is 5.91 Å². The summed E-state index contributed by atoms with van der Waals surface area (Å²) >= 11 is 0. The van der Waals surface area contributed by atoms with Gasteiger partial charge >= 0.3 is 0 Å². The quantitative estimate of drug-likeness (QED) is 0.880. The zero-order valence-corrected chi connectivity index (χ0v) is 15.2. The van der Waals surface area contributed by atoms with Crippen molar-refractivity contribution in [2.75, 3.05) is 39.8 Å². The second-order valence-corrected chi connectivity index (χ2v) is 8.03. The first-order chi connectivity index (χ1) is 11.4. The second kappa shape index (κ2) is 6.80. The third-order valence-corrected chi connectivity index (χ3v) is 4.97. The van der Waals surface area contributed by atoms with E-state index in [1.54, 1.807) is 0 Å². The van der Waals surface area contributed by atoms with E-state index in [0.29, 0.717) is 12.4 Å². The van der Waals surface area contributed by atoms with Crippen LogP contribution in [-0.4, -0.2) is 65.6 Å². The van der Waals surface area contributed by atoms with E-state index in [1.165, 1.54) is 0 Å². The molecule has 3 heterocycles. The Bertz CT molecular complexity index is 580. The smallest absolute Gasteiger partial charge is 0.231 e. The normalized spacial score (nSPS) is 26.6. The fourth-order valence-corrected chi connectivity index (χ4v) is 3.48. The molecule has 2 aliphatic rings. The summed E-state index contributed by atoms with van der Waals surface area (Å²) in [5.41, 5.74) is -0.349. The maximum atomic E-state index is 12.5. The Balaban J connectivity index is 1.69. The summed E-state index contributed by atoms with van der Waals surface area (Å²) in [6.45, 7) is 10.2. The predicted octanol–water partition coefficient (Wildman–Crippen LogP) is 1.40. The second-order valence-electron chi connectivity index (χ2n) is 8.03. The molecule has 2 unspecified atom stereocenters. The molecule has 2 saturated heterocycles. The van der Waals surface area contributed by atoms with Crippen LogP contribution in [0.15, 0.2) is 4.52 Å². The van der Waals surface area contributed by atoms with E-state index in [4.69, 9.17) is 4.52 Å². The average Bonchev–Trinajstić information content (AvgIpc) is 3.03. The Labute approximate surface area is 143 Å². The van der Waals surface area contributed by atoms with Crippen LogP contribution in [0.5, 0.6) is 0 Å². The highest BCUT2D eigenvalue weighted by Crippen LogP contribution is 2.30. The fraction of sp³-hybridized carbons (Fsp3) is 0.824. The number of carbonyl (C=O) groups excluding carboxylic acids is 1. The third kappa shape index (κ3) is 3.62. The lowest BCUT2D eigenvalue weighted by Gasteiger charge is -2.35. The number of piperidine rings is 1. The maximum Gasteiger partial charge on any atom is 0.231 e. The van der Waals surface area contributed by atoms with Crippen molar-refractivity contribution in [2.45, 2.75) is 45.6 Å². The maximum absolute atomic E-state index is 12.5. The minimum absolute atomic E-state index is 0.146. The lowest BCUT2D eigenvalue weighted by atomic mass is 9.91. The molecular weight excluding hydrogens is 306 g/mol. The Morgan fingerprint density at radius 2 is 2.12 bits per heavy atom. The number of amides is 1. The van der Waals surface area contributed by atoms with E-state index in [1.807, 2.05) is 25.7 Å². The van der Waals surface area contributed by atoms with Crippen LogP contribution in [0.3, 0.4) is 0 Å². The number of likely N-dealkylation sites (tertiary alicyclic amines) is 1. The van der Waals surface area contributed by atoms with Crippen molar-refractivity contribution in [2.24, 2.45) is 5.41 Å². The van der Waals surface area contributed by atoms with E-state index < -0.39 is 0 Å². The summed E-state index contributed by atoms with van der Waals surface area (Å²) < 4.78 is 5.57. The van der Waals surface area contributed by atoms with E-state index >= 15 is 0 Å². The highest BCUT2D eigenvalue weighted by molar-refractivity contribution is 5.81. The van der Waals surface area contributed by atoms with Gasteiger partial charge in [0, 0.05) is 38.1 Å². The van der Waals surface area contributed by atoms with Gasteiger partial charge in [-0.2, -0.15) is 4.98 Å². The molecule has 0 radical (unpaired) electrons. The molecule has 0 saturated carbocycles. The van der Waals surface area contributed by atoms with Crippen molar-refractivity contribution in [3.8, 4) is 0 Å². The minimum Gasteiger partial charge on any atom is -0.341 e. The van der Waals surface area contributed by atoms with Gasteiger partial charge < -0.3 is 14.7 Å². The van der Waals surface area contributed by atoms with Crippen molar-refractivity contribution in [3.05, 3.63) is 11.7 Å². The van der Waals surface area contributed by atoms with Crippen LogP contribution in [-0.2, 0) is 4.79 Å². The summed E-state index contributed by atoms with van der Waals surface area (Å²) in [5, 5.41) is 7.59. The summed E-state index contributed by atoms with van der Waals surface area (Å²) in [5.74, 6) is 1.77. The highest BCUT2D eigenvalue weighted by atomic mass is 16.5. The first kappa shape index (κ1) is 17.4. The minimum atomic E-state index is -0.349. The highest BCUT2D eigenvalue weighted by Gasteiger charge is 2.34. The molecule has 2 atom stereocenters. The molecule has 0 aromatic carbocycles. The molecule has 0 spiro atoms. The zero-order chi connectivity index (χ0) is 17.3. The van der Waals surface area contributed by atoms with Gasteiger partial charge in [-0.3, -0.25) is 9.69 Å². The SMILES string of the molecule is CN1CCNCC1c1noc(C2CCCN(C(=O)C(C)(C)C)C2)n1. The number of likely N-dealkylation sites (N-methyl/N-ethyl adjacent to an activating group) is 1. The van der Waals surface area contributed by atoms with E-state index in [2.05, 4.69) is 27.4 Å². The number of piperazine rings is 1. The average molecular weight is 335 g/mol. The van der Waals surface area contributed by atoms with Crippen LogP contribution in [0.2, 0.25) is 0 Å². The van der Waals surface area contributed by atoms with Gasteiger partial charge in [0.1, 0.15) is 0 Å². The third-order valence-electron chi connectivity index (χ3n) is 4.97. The molecule has 2 aliphatic heterocycles. The Morgan fingerprint density at radius 1 is 1.33 bits per heavy atom. The lowest BCUT2D eigenvalue weighted by molar-refractivity contribution is -0.140. The fourth-order valence-electron chi connectivity index (χ4n) is 3.48. The molecule has 2 fully saturated rings. The number of nitrogens with zero attached hydrogens (tertiary/aromatic N) is 4. The molecule has 134 valence electrons. The number of rotatable bonds is 2. The number of carbonyl (C=O) groups is 1. The summed E-state index contributed by atoms with van der Waals surface area (Å²) in [4.78, 5) is 21.4. The molecule has 0 bridgehead atoms. The molecule has 1 N–H and O–H groups in total. The largest absolute Gasteiger partial charge is 0.341 e. The van der Waals surface area contributed by atoms with Crippen molar-refractivity contribution in [1.29, 1.82) is 0 Å². The Kier molecular flexibility index (Phi) is 4.92. The molecule has 1 aromatic rings. The Hall–Kier alpha value is -1.47. The van der Waals surface area contributed by atoms with Gasteiger partial charge in [0.25, 0.3) is 0 Å². The first-order valence-electron chi connectivity index (χ1n) is 8.90. The molecule has 1 aromatic heterocycles. The lowest BCUT2D eigenvalue weighted by Crippen LogP contribution is -2.45. The number of nitrogens with one attached hydrogen (secondary N) is 1. The van der Waals surface area contributed by atoms with Gasteiger partial charge in [-0.1, -0.05) is 25.9 Å². The number of hydrogen-bond donors (Lipinski definition) is 1. The van der Waals surface area contributed by atoms with Crippen molar-refractivity contribution in [3.63, 3.8) is 0 Å². The van der Waals surface area contributed by atoms with Gasteiger partial charge in [-0.15, -0.1) is 0 Å².